The first-order valence-electron chi connectivity index (χ1n) is 5.85. The molecule has 0 atom stereocenters. The quantitative estimate of drug-likeness (QED) is 0.626. The van der Waals surface area contributed by atoms with Gasteiger partial charge in [0.25, 0.3) is 0 Å². The Bertz CT molecular complexity index is 431. The van der Waals surface area contributed by atoms with Gasteiger partial charge in [-0.2, -0.15) is 0 Å². The molecule has 1 amide bonds. The Morgan fingerprint density at radius 1 is 1.35 bits per heavy atom. The molecule has 88 valence electrons. The number of benzene rings is 1. The lowest BCUT2D eigenvalue weighted by Gasteiger charge is -2.15. The predicted molar refractivity (Wildman–Crippen MR) is 68.6 cm³/mol. The third-order valence-electron chi connectivity index (χ3n) is 2.88. The summed E-state index contributed by atoms with van der Waals surface area (Å²) in [4.78, 5) is 13.4. The molecule has 1 heterocycles. The van der Waals surface area contributed by atoms with Crippen LogP contribution in [0.4, 0.5) is 5.69 Å². The molecule has 17 heavy (non-hydrogen) atoms. The first kappa shape index (κ1) is 11.7. The highest BCUT2D eigenvalue weighted by Gasteiger charge is 2.21. The Kier molecular flexibility index (Phi) is 3.79. The number of hydrogen-bond donors (Lipinski definition) is 1. The highest BCUT2D eigenvalue weighted by atomic mass is 16.2. The molecule has 3 heteroatoms. The number of nitrogens with one attached hydrogen (secondary N) is 1. The van der Waals surface area contributed by atoms with Crippen LogP contribution in [0.2, 0.25) is 0 Å². The minimum Gasteiger partial charge on any atom is -0.312 e. The van der Waals surface area contributed by atoms with Crippen molar-refractivity contribution in [2.24, 2.45) is 0 Å². The lowest BCUT2D eigenvalue weighted by atomic mass is 10.2. The van der Waals surface area contributed by atoms with Gasteiger partial charge >= 0.3 is 0 Å². The van der Waals surface area contributed by atoms with E-state index in [-0.39, 0.29) is 5.91 Å². The van der Waals surface area contributed by atoms with E-state index in [0.29, 0.717) is 13.0 Å². The summed E-state index contributed by atoms with van der Waals surface area (Å²) in [5, 5.41) is 3.13. The Morgan fingerprint density at radius 3 is 2.71 bits per heavy atom. The molecule has 0 radical (unpaired) electrons. The summed E-state index contributed by atoms with van der Waals surface area (Å²) in [6, 6.07) is 8.06. The fourth-order valence-corrected chi connectivity index (χ4v) is 1.99. The van der Waals surface area contributed by atoms with Gasteiger partial charge in [-0.15, -0.1) is 6.42 Å². The van der Waals surface area contributed by atoms with Gasteiger partial charge in [-0.25, -0.2) is 0 Å². The summed E-state index contributed by atoms with van der Waals surface area (Å²) >= 11 is 0. The van der Waals surface area contributed by atoms with Crippen LogP contribution in [0.25, 0.3) is 0 Å². The molecule has 2 rings (SSSR count). The molecule has 0 bridgehead atoms. The molecule has 1 aliphatic rings. The molecule has 1 aromatic rings. The van der Waals surface area contributed by atoms with E-state index in [4.69, 9.17) is 6.42 Å². The van der Waals surface area contributed by atoms with Crippen molar-refractivity contribution in [2.45, 2.75) is 19.4 Å². The van der Waals surface area contributed by atoms with Gasteiger partial charge in [-0.1, -0.05) is 18.1 Å². The number of anilines is 1. The highest BCUT2D eigenvalue weighted by molar-refractivity contribution is 5.95. The number of carbonyl (C=O) groups is 1. The lowest BCUT2D eigenvalue weighted by molar-refractivity contribution is -0.117. The summed E-state index contributed by atoms with van der Waals surface area (Å²) in [5.41, 5.74) is 2.17. The number of rotatable bonds is 4. The van der Waals surface area contributed by atoms with Crippen LogP contribution < -0.4 is 10.2 Å². The van der Waals surface area contributed by atoms with Crippen molar-refractivity contribution in [3.05, 3.63) is 29.8 Å². The molecule has 1 saturated heterocycles. The third-order valence-corrected chi connectivity index (χ3v) is 2.88. The second-order valence-corrected chi connectivity index (χ2v) is 4.12. The Balaban J connectivity index is 1.98. The van der Waals surface area contributed by atoms with Crippen LogP contribution in [0.3, 0.4) is 0 Å². The van der Waals surface area contributed by atoms with Crippen molar-refractivity contribution in [3.63, 3.8) is 0 Å². The SMILES string of the molecule is C#CCNCc1ccc(N2CCCC2=O)cc1. The lowest BCUT2D eigenvalue weighted by Crippen LogP contribution is -2.23. The zero-order valence-electron chi connectivity index (χ0n) is 9.78. The van der Waals surface area contributed by atoms with Gasteiger partial charge in [-0.3, -0.25) is 4.79 Å². The second kappa shape index (κ2) is 5.51. The molecule has 1 aliphatic heterocycles. The molecule has 0 aliphatic carbocycles. The third kappa shape index (κ3) is 2.86. The molecule has 3 nitrogen and oxygen atoms in total. The number of hydrogen-bond acceptors (Lipinski definition) is 2. The van der Waals surface area contributed by atoms with E-state index in [1.165, 1.54) is 5.56 Å². The van der Waals surface area contributed by atoms with Crippen molar-refractivity contribution in [2.75, 3.05) is 18.0 Å². The van der Waals surface area contributed by atoms with Crippen molar-refractivity contribution in [3.8, 4) is 12.3 Å². The highest BCUT2D eigenvalue weighted by Crippen LogP contribution is 2.21. The van der Waals surface area contributed by atoms with Crippen LogP contribution in [-0.2, 0) is 11.3 Å². The van der Waals surface area contributed by atoms with Crippen molar-refractivity contribution in [1.82, 2.24) is 5.32 Å². The first-order chi connectivity index (χ1) is 8.31. The maximum absolute atomic E-state index is 11.6. The van der Waals surface area contributed by atoms with E-state index in [0.717, 1.165) is 25.2 Å². The summed E-state index contributed by atoms with van der Waals surface area (Å²) in [6.07, 6.45) is 6.79. The number of terminal acetylenes is 1. The minimum atomic E-state index is 0.225. The monoisotopic (exact) mass is 228 g/mol. The van der Waals surface area contributed by atoms with Gasteiger partial charge in [0.2, 0.25) is 5.91 Å². The molecule has 1 fully saturated rings. The molecular weight excluding hydrogens is 212 g/mol. The second-order valence-electron chi connectivity index (χ2n) is 4.12. The van der Waals surface area contributed by atoms with Crippen molar-refractivity contribution in [1.29, 1.82) is 0 Å². The summed E-state index contributed by atoms with van der Waals surface area (Å²) in [5.74, 6) is 2.76. The van der Waals surface area contributed by atoms with E-state index < -0.39 is 0 Å². The standard InChI is InChI=1S/C14H16N2O/c1-2-9-15-11-12-5-7-13(8-6-12)16-10-3-4-14(16)17/h1,5-8,15H,3-4,9-11H2. The van der Waals surface area contributed by atoms with Crippen LogP contribution >= 0.6 is 0 Å². The molecule has 1 aromatic carbocycles. The molecule has 0 unspecified atom stereocenters. The zero-order chi connectivity index (χ0) is 12.1. The van der Waals surface area contributed by atoms with E-state index in [1.54, 1.807) is 0 Å². The van der Waals surface area contributed by atoms with E-state index in [1.807, 2.05) is 29.2 Å². The maximum atomic E-state index is 11.6. The first-order valence-corrected chi connectivity index (χ1v) is 5.85. The van der Waals surface area contributed by atoms with E-state index >= 15 is 0 Å². The van der Waals surface area contributed by atoms with Crippen LogP contribution in [0.5, 0.6) is 0 Å². The van der Waals surface area contributed by atoms with Gasteiger partial charge in [-0.05, 0) is 24.1 Å². The molecule has 0 spiro atoms. The molecular formula is C14H16N2O. The van der Waals surface area contributed by atoms with E-state index in [2.05, 4.69) is 11.2 Å². The summed E-state index contributed by atoms with van der Waals surface area (Å²) < 4.78 is 0. The van der Waals surface area contributed by atoms with Crippen LogP contribution in [0, 0.1) is 12.3 Å². The number of carbonyl (C=O) groups excluding carboxylic acids is 1. The van der Waals surface area contributed by atoms with Crippen molar-refractivity contribution >= 4 is 11.6 Å². The summed E-state index contributed by atoms with van der Waals surface area (Å²) in [7, 11) is 0. The Hall–Kier alpha value is -1.79. The normalized spacial score (nSPS) is 15.0. The maximum Gasteiger partial charge on any atom is 0.227 e. The Morgan fingerprint density at radius 2 is 2.12 bits per heavy atom. The Labute approximate surface area is 102 Å². The fraction of sp³-hybridized carbons (Fsp3) is 0.357. The molecule has 1 N–H and O–H groups in total. The zero-order valence-corrected chi connectivity index (χ0v) is 9.78. The van der Waals surface area contributed by atoms with Gasteiger partial charge in [0, 0.05) is 25.2 Å². The van der Waals surface area contributed by atoms with Gasteiger partial charge in [0.15, 0.2) is 0 Å². The van der Waals surface area contributed by atoms with Gasteiger partial charge in [0.05, 0.1) is 6.54 Å². The number of amides is 1. The van der Waals surface area contributed by atoms with Crippen LogP contribution in [0.1, 0.15) is 18.4 Å². The topological polar surface area (TPSA) is 32.3 Å². The predicted octanol–water partition coefficient (Wildman–Crippen LogP) is 1.54. The van der Waals surface area contributed by atoms with Gasteiger partial charge < -0.3 is 10.2 Å². The molecule has 0 aromatic heterocycles. The smallest absolute Gasteiger partial charge is 0.227 e. The van der Waals surface area contributed by atoms with Gasteiger partial charge in [0.1, 0.15) is 0 Å². The largest absolute Gasteiger partial charge is 0.312 e. The van der Waals surface area contributed by atoms with Crippen molar-refractivity contribution < 1.29 is 4.79 Å². The average Bonchev–Trinajstić information content (AvgIpc) is 2.77. The van der Waals surface area contributed by atoms with Crippen LogP contribution in [0.15, 0.2) is 24.3 Å². The summed E-state index contributed by atoms with van der Waals surface area (Å²) in [6.45, 7) is 2.18. The average molecular weight is 228 g/mol. The minimum absolute atomic E-state index is 0.225. The fourth-order valence-electron chi connectivity index (χ4n) is 1.99. The molecule has 0 saturated carbocycles. The number of nitrogens with zero attached hydrogens (tertiary/aromatic N) is 1. The van der Waals surface area contributed by atoms with E-state index in [9.17, 15) is 4.79 Å². The van der Waals surface area contributed by atoms with Crippen LogP contribution in [-0.4, -0.2) is 19.0 Å².